The standard InChI is InChI=1S/C12H21IO2/c1-4-14-10(2)15-11(6-9-13)12(3)7-5-8-12/h6,9-11H,4-5,7-8H2,1-3H3. The van der Waals surface area contributed by atoms with Crippen LogP contribution in [0.15, 0.2) is 10.2 Å². The van der Waals surface area contributed by atoms with Crippen molar-refractivity contribution in [1.82, 2.24) is 0 Å². The molecule has 0 spiro atoms. The number of hydrogen-bond acceptors (Lipinski definition) is 2. The molecule has 0 radical (unpaired) electrons. The molecule has 1 saturated carbocycles. The summed E-state index contributed by atoms with van der Waals surface area (Å²) < 4.78 is 13.4. The third-order valence-electron chi connectivity index (χ3n) is 3.17. The van der Waals surface area contributed by atoms with Gasteiger partial charge in [0.25, 0.3) is 0 Å². The number of rotatable bonds is 6. The van der Waals surface area contributed by atoms with Crippen molar-refractivity contribution in [3.05, 3.63) is 10.2 Å². The predicted octanol–water partition coefficient (Wildman–Crippen LogP) is 3.89. The van der Waals surface area contributed by atoms with Crippen LogP contribution in [0.1, 0.15) is 40.0 Å². The Morgan fingerprint density at radius 3 is 2.53 bits per heavy atom. The molecule has 15 heavy (non-hydrogen) atoms. The lowest BCUT2D eigenvalue weighted by molar-refractivity contribution is -0.181. The Morgan fingerprint density at radius 2 is 2.13 bits per heavy atom. The lowest BCUT2D eigenvalue weighted by atomic mass is 9.66. The highest BCUT2D eigenvalue weighted by Gasteiger charge is 2.39. The molecule has 0 saturated heterocycles. The van der Waals surface area contributed by atoms with Gasteiger partial charge in [0.1, 0.15) is 0 Å². The van der Waals surface area contributed by atoms with Gasteiger partial charge in [-0.2, -0.15) is 0 Å². The second kappa shape index (κ2) is 6.21. The normalized spacial score (nSPS) is 23.7. The van der Waals surface area contributed by atoms with Crippen molar-refractivity contribution in [2.75, 3.05) is 6.61 Å². The van der Waals surface area contributed by atoms with Crippen LogP contribution in [0.2, 0.25) is 0 Å². The summed E-state index contributed by atoms with van der Waals surface area (Å²) in [5.41, 5.74) is 0.326. The van der Waals surface area contributed by atoms with E-state index < -0.39 is 0 Å². The number of halogens is 1. The molecule has 0 aliphatic heterocycles. The van der Waals surface area contributed by atoms with E-state index in [0.717, 1.165) is 0 Å². The van der Waals surface area contributed by atoms with Crippen LogP contribution in [0.4, 0.5) is 0 Å². The SMILES string of the molecule is CCOC(C)OC(C=CI)C1(C)CCC1. The van der Waals surface area contributed by atoms with Gasteiger partial charge in [-0.05, 0) is 42.3 Å². The first-order valence-electron chi connectivity index (χ1n) is 5.66. The summed E-state index contributed by atoms with van der Waals surface area (Å²) in [6, 6.07) is 0. The molecule has 2 unspecified atom stereocenters. The third-order valence-corrected chi connectivity index (χ3v) is 3.59. The Morgan fingerprint density at radius 1 is 1.47 bits per heavy atom. The Kier molecular flexibility index (Phi) is 5.57. The summed E-state index contributed by atoms with van der Waals surface area (Å²) in [5, 5.41) is 0. The van der Waals surface area contributed by atoms with Crippen molar-refractivity contribution in [3.8, 4) is 0 Å². The van der Waals surface area contributed by atoms with Crippen molar-refractivity contribution < 1.29 is 9.47 Å². The molecule has 3 heteroatoms. The van der Waals surface area contributed by atoms with E-state index in [-0.39, 0.29) is 12.4 Å². The van der Waals surface area contributed by atoms with Gasteiger partial charge in [-0.1, -0.05) is 35.9 Å². The van der Waals surface area contributed by atoms with Crippen LogP contribution in [0, 0.1) is 5.41 Å². The van der Waals surface area contributed by atoms with Gasteiger partial charge in [0.05, 0.1) is 6.10 Å². The second-order valence-corrected chi connectivity index (χ2v) is 5.12. The van der Waals surface area contributed by atoms with Crippen LogP contribution >= 0.6 is 22.6 Å². The van der Waals surface area contributed by atoms with Crippen molar-refractivity contribution in [2.24, 2.45) is 5.41 Å². The minimum absolute atomic E-state index is 0.106. The lowest BCUT2D eigenvalue weighted by Crippen LogP contribution is -2.41. The van der Waals surface area contributed by atoms with Crippen molar-refractivity contribution in [2.45, 2.75) is 52.4 Å². The van der Waals surface area contributed by atoms with E-state index in [4.69, 9.17) is 9.47 Å². The van der Waals surface area contributed by atoms with Gasteiger partial charge >= 0.3 is 0 Å². The van der Waals surface area contributed by atoms with Crippen molar-refractivity contribution in [1.29, 1.82) is 0 Å². The largest absolute Gasteiger partial charge is 0.353 e. The van der Waals surface area contributed by atoms with E-state index in [9.17, 15) is 0 Å². The van der Waals surface area contributed by atoms with E-state index in [1.165, 1.54) is 19.3 Å². The first kappa shape index (κ1) is 13.5. The molecule has 0 aromatic carbocycles. The minimum atomic E-state index is -0.106. The average molecular weight is 324 g/mol. The Balaban J connectivity index is 2.50. The molecular weight excluding hydrogens is 303 g/mol. The van der Waals surface area contributed by atoms with Crippen LogP contribution in [-0.4, -0.2) is 19.0 Å². The molecule has 0 heterocycles. The fourth-order valence-corrected chi connectivity index (χ4v) is 2.38. The smallest absolute Gasteiger partial charge is 0.155 e. The zero-order valence-electron chi connectivity index (χ0n) is 9.83. The third kappa shape index (κ3) is 3.71. The Labute approximate surface area is 107 Å². The quantitative estimate of drug-likeness (QED) is 0.545. The molecule has 0 amide bonds. The molecule has 1 aliphatic carbocycles. The highest BCUT2D eigenvalue weighted by molar-refractivity contribution is 14.1. The van der Waals surface area contributed by atoms with Gasteiger partial charge in [0, 0.05) is 6.61 Å². The first-order chi connectivity index (χ1) is 7.12. The van der Waals surface area contributed by atoms with Crippen LogP contribution in [-0.2, 0) is 9.47 Å². The van der Waals surface area contributed by atoms with E-state index in [1.54, 1.807) is 0 Å². The topological polar surface area (TPSA) is 18.5 Å². The van der Waals surface area contributed by atoms with Gasteiger partial charge in [-0.3, -0.25) is 0 Å². The molecule has 2 atom stereocenters. The lowest BCUT2D eigenvalue weighted by Gasteiger charge is -2.44. The molecule has 2 nitrogen and oxygen atoms in total. The van der Waals surface area contributed by atoms with Gasteiger partial charge in [-0.15, -0.1) is 0 Å². The highest BCUT2D eigenvalue weighted by atomic mass is 127. The summed E-state index contributed by atoms with van der Waals surface area (Å²) in [4.78, 5) is 0. The predicted molar refractivity (Wildman–Crippen MR) is 71.1 cm³/mol. The van der Waals surface area contributed by atoms with Gasteiger partial charge < -0.3 is 9.47 Å². The maximum atomic E-state index is 5.92. The van der Waals surface area contributed by atoms with Crippen LogP contribution in [0.5, 0.6) is 0 Å². The molecule has 1 fully saturated rings. The highest BCUT2D eigenvalue weighted by Crippen LogP contribution is 2.45. The fourth-order valence-electron chi connectivity index (χ4n) is 2.01. The molecule has 0 bridgehead atoms. The van der Waals surface area contributed by atoms with Crippen molar-refractivity contribution in [3.63, 3.8) is 0 Å². The molecule has 1 aliphatic rings. The zero-order chi connectivity index (χ0) is 11.3. The maximum absolute atomic E-state index is 5.92. The Bertz CT molecular complexity index is 212. The molecule has 0 aromatic rings. The van der Waals surface area contributed by atoms with Gasteiger partial charge in [-0.25, -0.2) is 0 Å². The minimum Gasteiger partial charge on any atom is -0.353 e. The zero-order valence-corrected chi connectivity index (χ0v) is 12.0. The summed E-state index contributed by atoms with van der Waals surface area (Å²) >= 11 is 2.25. The van der Waals surface area contributed by atoms with E-state index >= 15 is 0 Å². The maximum Gasteiger partial charge on any atom is 0.155 e. The van der Waals surface area contributed by atoms with Crippen LogP contribution in [0.3, 0.4) is 0 Å². The second-order valence-electron chi connectivity index (χ2n) is 4.41. The van der Waals surface area contributed by atoms with Gasteiger partial charge in [0.15, 0.2) is 6.29 Å². The summed E-state index contributed by atoms with van der Waals surface area (Å²) in [7, 11) is 0. The average Bonchev–Trinajstić information content (AvgIpc) is 2.14. The first-order valence-corrected chi connectivity index (χ1v) is 6.91. The monoisotopic (exact) mass is 324 g/mol. The van der Waals surface area contributed by atoms with Gasteiger partial charge in [0.2, 0.25) is 0 Å². The molecule has 1 rings (SSSR count). The van der Waals surface area contributed by atoms with Crippen molar-refractivity contribution >= 4 is 22.6 Å². The molecule has 0 N–H and O–H groups in total. The number of ether oxygens (including phenoxy) is 2. The van der Waals surface area contributed by atoms with Crippen LogP contribution in [0.25, 0.3) is 0 Å². The molecule has 0 aromatic heterocycles. The van der Waals surface area contributed by atoms with E-state index in [0.29, 0.717) is 12.0 Å². The van der Waals surface area contributed by atoms with Crippen LogP contribution < -0.4 is 0 Å². The fraction of sp³-hybridized carbons (Fsp3) is 0.833. The molecule has 88 valence electrons. The summed E-state index contributed by atoms with van der Waals surface area (Å²) in [5.74, 6) is 0. The summed E-state index contributed by atoms with van der Waals surface area (Å²) in [6.07, 6.45) is 6.09. The number of hydrogen-bond donors (Lipinski definition) is 0. The summed E-state index contributed by atoms with van der Waals surface area (Å²) in [6.45, 7) is 6.97. The molecular formula is C12H21IO2. The Hall–Kier alpha value is 0.390. The van der Waals surface area contributed by atoms with E-state index in [2.05, 4.69) is 35.6 Å². The van der Waals surface area contributed by atoms with E-state index in [1.807, 2.05) is 17.9 Å².